The second-order valence-electron chi connectivity index (χ2n) is 9.30. The zero-order chi connectivity index (χ0) is 25.1. The lowest BCUT2D eigenvalue weighted by Gasteiger charge is -2.29. The summed E-state index contributed by atoms with van der Waals surface area (Å²) in [4.78, 5) is 18.9. The Morgan fingerprint density at radius 1 is 1.03 bits per heavy atom. The molecule has 1 aromatic heterocycles. The Morgan fingerprint density at radius 2 is 1.81 bits per heavy atom. The fraction of sp³-hybridized carbons (Fsp3) is 0.267. The van der Waals surface area contributed by atoms with E-state index in [2.05, 4.69) is 23.1 Å². The normalized spacial score (nSPS) is 13.7. The molecule has 0 atom stereocenters. The average Bonchev–Trinajstić information content (AvgIpc) is 2.90. The van der Waals surface area contributed by atoms with Gasteiger partial charge in [-0.3, -0.25) is 9.78 Å². The van der Waals surface area contributed by atoms with Gasteiger partial charge in [-0.25, -0.2) is 4.39 Å². The number of benzene rings is 3. The van der Waals surface area contributed by atoms with Crippen LogP contribution in [-0.2, 0) is 6.42 Å². The van der Waals surface area contributed by atoms with Gasteiger partial charge < -0.3 is 15.4 Å². The molecule has 4 aromatic rings. The number of hydrogen-bond acceptors (Lipinski definition) is 4. The number of aryl methyl sites for hydroxylation is 1. The third-order valence-electron chi connectivity index (χ3n) is 6.87. The summed E-state index contributed by atoms with van der Waals surface area (Å²) < 4.78 is 19.8. The molecule has 3 aromatic carbocycles. The fourth-order valence-corrected chi connectivity index (χ4v) is 5.02. The number of hydrogen-bond donors (Lipinski definition) is 1. The van der Waals surface area contributed by atoms with E-state index >= 15 is 0 Å². The number of nitrogens with two attached hydrogens (primary N) is 1. The predicted octanol–water partition coefficient (Wildman–Crippen LogP) is 6.06. The van der Waals surface area contributed by atoms with Gasteiger partial charge in [-0.1, -0.05) is 18.2 Å². The van der Waals surface area contributed by atoms with Gasteiger partial charge in [0.05, 0.1) is 12.1 Å². The molecule has 1 aliphatic rings. The van der Waals surface area contributed by atoms with Gasteiger partial charge in [0, 0.05) is 41.8 Å². The number of carbonyl (C=O) groups excluding carboxylic acids is 1. The summed E-state index contributed by atoms with van der Waals surface area (Å²) in [5.41, 5.74) is 11.9. The second kappa shape index (κ2) is 10.4. The average molecular weight is 484 g/mol. The van der Waals surface area contributed by atoms with Gasteiger partial charge >= 0.3 is 0 Å². The van der Waals surface area contributed by atoms with E-state index in [9.17, 15) is 9.18 Å². The third-order valence-corrected chi connectivity index (χ3v) is 6.87. The highest BCUT2D eigenvalue weighted by molar-refractivity contribution is 5.98. The molecule has 2 N–H and O–H groups in total. The van der Waals surface area contributed by atoms with Crippen LogP contribution in [0.25, 0.3) is 22.0 Å². The molecule has 0 unspecified atom stereocenters. The molecule has 2 heterocycles. The number of fused-ring (bicyclic) bond motifs is 1. The van der Waals surface area contributed by atoms with Crippen LogP contribution in [0, 0.1) is 12.7 Å². The third kappa shape index (κ3) is 5.03. The Labute approximate surface area is 210 Å². The van der Waals surface area contributed by atoms with Crippen molar-refractivity contribution in [1.82, 2.24) is 4.98 Å². The van der Waals surface area contributed by atoms with E-state index in [1.165, 1.54) is 37.1 Å². The maximum Gasteiger partial charge on any atom is 0.248 e. The Morgan fingerprint density at radius 3 is 2.56 bits per heavy atom. The van der Waals surface area contributed by atoms with Crippen LogP contribution in [0.4, 0.5) is 10.1 Å². The lowest BCUT2D eigenvalue weighted by atomic mass is 9.92. The molecular formula is C30H30FN3O2. The largest absolute Gasteiger partial charge is 0.493 e. The van der Waals surface area contributed by atoms with Crippen molar-refractivity contribution < 1.29 is 13.9 Å². The molecule has 0 saturated carbocycles. The zero-order valence-corrected chi connectivity index (χ0v) is 20.5. The van der Waals surface area contributed by atoms with Gasteiger partial charge in [0.25, 0.3) is 0 Å². The van der Waals surface area contributed by atoms with Crippen LogP contribution in [0.5, 0.6) is 5.75 Å². The van der Waals surface area contributed by atoms with E-state index in [0.29, 0.717) is 24.3 Å². The molecule has 6 heteroatoms. The van der Waals surface area contributed by atoms with Crippen LogP contribution in [0.3, 0.4) is 0 Å². The van der Waals surface area contributed by atoms with E-state index in [1.54, 1.807) is 18.2 Å². The van der Waals surface area contributed by atoms with Gasteiger partial charge in [-0.15, -0.1) is 0 Å². The molecule has 1 saturated heterocycles. The summed E-state index contributed by atoms with van der Waals surface area (Å²) in [5, 5.41) is 1.06. The van der Waals surface area contributed by atoms with Crippen molar-refractivity contribution in [3.63, 3.8) is 0 Å². The first kappa shape index (κ1) is 23.8. The van der Waals surface area contributed by atoms with Crippen LogP contribution in [0.15, 0.2) is 66.7 Å². The molecule has 1 fully saturated rings. The van der Waals surface area contributed by atoms with E-state index in [0.717, 1.165) is 46.4 Å². The van der Waals surface area contributed by atoms with Crippen LogP contribution >= 0.6 is 0 Å². The van der Waals surface area contributed by atoms with E-state index in [4.69, 9.17) is 15.5 Å². The van der Waals surface area contributed by atoms with Crippen molar-refractivity contribution in [1.29, 1.82) is 0 Å². The number of aromatic nitrogens is 1. The minimum absolute atomic E-state index is 0.262. The van der Waals surface area contributed by atoms with Crippen molar-refractivity contribution in [3.05, 3.63) is 89.4 Å². The molecule has 1 aliphatic heterocycles. The zero-order valence-electron chi connectivity index (χ0n) is 20.5. The monoisotopic (exact) mass is 483 g/mol. The molecule has 184 valence electrons. The van der Waals surface area contributed by atoms with Crippen molar-refractivity contribution in [2.75, 3.05) is 24.6 Å². The fourth-order valence-electron chi connectivity index (χ4n) is 5.02. The molecule has 36 heavy (non-hydrogen) atoms. The van der Waals surface area contributed by atoms with Crippen molar-refractivity contribution >= 4 is 22.5 Å². The Kier molecular flexibility index (Phi) is 6.85. The lowest BCUT2D eigenvalue weighted by Crippen LogP contribution is -2.29. The summed E-state index contributed by atoms with van der Waals surface area (Å²) in [6, 6.07) is 20.0. The van der Waals surface area contributed by atoms with Gasteiger partial charge in [0.2, 0.25) is 5.91 Å². The number of rotatable bonds is 7. The topological polar surface area (TPSA) is 68.5 Å². The number of anilines is 1. The maximum atomic E-state index is 13.8. The van der Waals surface area contributed by atoms with Crippen molar-refractivity contribution in [2.24, 2.45) is 5.73 Å². The molecule has 0 spiro atoms. The number of pyridine rings is 1. The Balaban J connectivity index is 1.53. The summed E-state index contributed by atoms with van der Waals surface area (Å²) >= 11 is 0. The summed E-state index contributed by atoms with van der Waals surface area (Å²) in [7, 11) is 0. The van der Waals surface area contributed by atoms with Crippen molar-refractivity contribution in [3.8, 4) is 16.9 Å². The standard InChI is InChI=1S/C30H30FN3O2/c1-20-26(14-17-36-25-7-5-6-22(18-25)30(32)35)29(21-8-10-23(31)11-9-21)27-19-24(12-13-28(27)33-20)34-15-3-2-4-16-34/h5-13,18-19H,2-4,14-17H2,1H3,(H2,32,35). The highest BCUT2D eigenvalue weighted by Gasteiger charge is 2.18. The van der Waals surface area contributed by atoms with Crippen LogP contribution < -0.4 is 15.4 Å². The number of ether oxygens (including phenoxy) is 1. The van der Waals surface area contributed by atoms with E-state index < -0.39 is 5.91 Å². The molecule has 0 aliphatic carbocycles. The van der Waals surface area contributed by atoms with Crippen LogP contribution in [0.2, 0.25) is 0 Å². The Hall–Kier alpha value is -3.93. The quantitative estimate of drug-likeness (QED) is 0.347. The van der Waals surface area contributed by atoms with Gasteiger partial charge in [0.1, 0.15) is 11.6 Å². The predicted molar refractivity (Wildman–Crippen MR) is 142 cm³/mol. The molecule has 5 nitrogen and oxygen atoms in total. The smallest absolute Gasteiger partial charge is 0.248 e. The van der Waals surface area contributed by atoms with Gasteiger partial charge in [-0.05, 0) is 91.4 Å². The summed E-state index contributed by atoms with van der Waals surface area (Å²) in [6.45, 7) is 4.52. The first-order valence-electron chi connectivity index (χ1n) is 12.5. The SMILES string of the molecule is Cc1nc2ccc(N3CCCCC3)cc2c(-c2ccc(F)cc2)c1CCOc1cccc(C(N)=O)c1. The molecule has 5 rings (SSSR count). The lowest BCUT2D eigenvalue weighted by molar-refractivity contribution is 0.1000. The first-order valence-corrected chi connectivity index (χ1v) is 12.5. The summed E-state index contributed by atoms with van der Waals surface area (Å²) in [6.07, 6.45) is 4.29. The minimum Gasteiger partial charge on any atom is -0.493 e. The van der Waals surface area contributed by atoms with E-state index in [1.807, 2.05) is 25.1 Å². The van der Waals surface area contributed by atoms with Crippen molar-refractivity contribution in [2.45, 2.75) is 32.6 Å². The number of primary amides is 1. The number of piperidine rings is 1. The highest BCUT2D eigenvalue weighted by atomic mass is 19.1. The maximum absolute atomic E-state index is 13.8. The highest BCUT2D eigenvalue weighted by Crippen LogP contribution is 2.36. The number of halogens is 1. The van der Waals surface area contributed by atoms with Crippen LogP contribution in [0.1, 0.15) is 40.9 Å². The second-order valence-corrected chi connectivity index (χ2v) is 9.30. The molecule has 1 amide bonds. The summed E-state index contributed by atoms with van der Waals surface area (Å²) in [5.74, 6) is -0.159. The van der Waals surface area contributed by atoms with Crippen LogP contribution in [-0.4, -0.2) is 30.6 Å². The number of amides is 1. The van der Waals surface area contributed by atoms with E-state index in [-0.39, 0.29) is 5.82 Å². The number of carbonyl (C=O) groups is 1. The van der Waals surface area contributed by atoms with Gasteiger partial charge in [-0.2, -0.15) is 0 Å². The molecule has 0 radical (unpaired) electrons. The minimum atomic E-state index is -0.488. The Bertz CT molecular complexity index is 1400. The molecule has 0 bridgehead atoms. The first-order chi connectivity index (χ1) is 17.5. The van der Waals surface area contributed by atoms with Gasteiger partial charge in [0.15, 0.2) is 0 Å². The molecular weight excluding hydrogens is 453 g/mol. The number of nitrogens with zero attached hydrogens (tertiary/aromatic N) is 2.